The van der Waals surface area contributed by atoms with Crippen molar-refractivity contribution in [2.45, 2.75) is 6.92 Å². The number of rotatable bonds is 10. The fourth-order valence-corrected chi connectivity index (χ4v) is 4.03. The van der Waals surface area contributed by atoms with E-state index in [1.165, 1.54) is 4.52 Å². The Morgan fingerprint density at radius 1 is 1.00 bits per heavy atom. The monoisotopic (exact) mass is 495 g/mol. The molecular formula is C24H25N5O5S. The van der Waals surface area contributed by atoms with Crippen LogP contribution in [-0.2, 0) is 10.0 Å². The molecule has 0 bridgehead atoms. The van der Waals surface area contributed by atoms with E-state index in [0.29, 0.717) is 34.4 Å². The lowest BCUT2D eigenvalue weighted by molar-refractivity contribution is 0.306. The lowest BCUT2D eigenvalue weighted by Gasteiger charge is -2.09. The van der Waals surface area contributed by atoms with Crippen LogP contribution < -0.4 is 18.9 Å². The van der Waals surface area contributed by atoms with Gasteiger partial charge in [-0.2, -0.15) is 4.52 Å². The van der Waals surface area contributed by atoms with E-state index in [-0.39, 0.29) is 13.2 Å². The molecule has 35 heavy (non-hydrogen) atoms. The summed E-state index contributed by atoms with van der Waals surface area (Å²) in [4.78, 5) is 0. The molecule has 4 rings (SSSR count). The number of ether oxygens (including phenoxy) is 3. The molecule has 2 aromatic heterocycles. The average molecular weight is 496 g/mol. The van der Waals surface area contributed by atoms with Crippen molar-refractivity contribution < 1.29 is 22.6 Å². The van der Waals surface area contributed by atoms with Crippen molar-refractivity contribution in [2.24, 2.45) is 0 Å². The van der Waals surface area contributed by atoms with E-state index >= 15 is 0 Å². The maximum absolute atomic E-state index is 12.2. The van der Waals surface area contributed by atoms with Crippen molar-refractivity contribution in [3.63, 3.8) is 0 Å². The first-order chi connectivity index (χ1) is 16.9. The van der Waals surface area contributed by atoms with Gasteiger partial charge in [0, 0.05) is 24.1 Å². The molecule has 0 amide bonds. The van der Waals surface area contributed by atoms with Gasteiger partial charge in [-0.15, -0.1) is 15.3 Å². The molecule has 0 aliphatic rings. The Kier molecular flexibility index (Phi) is 7.28. The summed E-state index contributed by atoms with van der Waals surface area (Å²) in [5.41, 5.74) is 3.10. The Morgan fingerprint density at radius 3 is 2.54 bits per heavy atom. The molecule has 182 valence electrons. The third-order valence-corrected chi connectivity index (χ3v) is 6.16. The number of nitrogens with one attached hydrogen (secondary N) is 1. The average Bonchev–Trinajstić information content (AvgIpc) is 3.29. The van der Waals surface area contributed by atoms with Crippen LogP contribution in [0.5, 0.6) is 17.4 Å². The number of hydrogen-bond donors (Lipinski definition) is 1. The molecule has 1 N–H and O–H groups in total. The number of methoxy groups -OCH3 is 2. The van der Waals surface area contributed by atoms with E-state index < -0.39 is 10.0 Å². The van der Waals surface area contributed by atoms with Crippen molar-refractivity contribution >= 4 is 21.7 Å². The number of sulfonamides is 1. The molecule has 2 heterocycles. The molecule has 0 aliphatic heterocycles. The van der Waals surface area contributed by atoms with Gasteiger partial charge in [-0.3, -0.25) is 0 Å². The smallest absolute Gasteiger partial charge is 0.233 e. The Bertz CT molecular complexity index is 1450. The quantitative estimate of drug-likeness (QED) is 0.334. The van der Waals surface area contributed by atoms with Gasteiger partial charge >= 0.3 is 0 Å². The topological polar surface area (TPSA) is 117 Å². The van der Waals surface area contributed by atoms with Gasteiger partial charge in [0.25, 0.3) is 0 Å². The van der Waals surface area contributed by atoms with Crippen molar-refractivity contribution in [1.29, 1.82) is 0 Å². The number of benzene rings is 2. The normalized spacial score (nSPS) is 11.7. The first-order valence-corrected chi connectivity index (χ1v) is 12.3. The molecule has 11 heteroatoms. The zero-order chi connectivity index (χ0) is 24.8. The predicted molar refractivity (Wildman–Crippen MR) is 132 cm³/mol. The minimum absolute atomic E-state index is 0.0711. The predicted octanol–water partition coefficient (Wildman–Crippen LogP) is 3.09. The number of hydrogen-bond acceptors (Lipinski definition) is 8. The summed E-state index contributed by atoms with van der Waals surface area (Å²) < 4.78 is 44.8. The summed E-state index contributed by atoms with van der Waals surface area (Å²) in [7, 11) is -0.475. The second-order valence-corrected chi connectivity index (χ2v) is 9.18. The minimum atomic E-state index is -3.61. The Balaban J connectivity index is 1.41. The molecule has 0 aliphatic carbocycles. The van der Waals surface area contributed by atoms with Crippen molar-refractivity contribution in [3.8, 4) is 28.8 Å². The summed E-state index contributed by atoms with van der Waals surface area (Å²) >= 11 is 0. The summed E-state index contributed by atoms with van der Waals surface area (Å²) in [6, 6.07) is 16.2. The van der Waals surface area contributed by atoms with Crippen LogP contribution in [0.1, 0.15) is 11.1 Å². The Morgan fingerprint density at radius 2 is 1.80 bits per heavy atom. The molecule has 0 unspecified atom stereocenters. The number of aryl methyl sites for hydroxylation is 1. The Hall–Kier alpha value is -3.96. The zero-order valence-electron chi connectivity index (χ0n) is 19.5. The van der Waals surface area contributed by atoms with Crippen LogP contribution in [0, 0.1) is 6.92 Å². The summed E-state index contributed by atoms with van der Waals surface area (Å²) in [6.07, 6.45) is 1.54. The third-order valence-electron chi connectivity index (χ3n) is 5.06. The van der Waals surface area contributed by atoms with Crippen molar-refractivity contribution in [3.05, 3.63) is 71.1 Å². The van der Waals surface area contributed by atoms with Gasteiger partial charge in [0.15, 0.2) is 11.5 Å². The fraction of sp³-hybridized carbons (Fsp3) is 0.208. The lowest BCUT2D eigenvalue weighted by atomic mass is 10.2. The molecule has 0 radical (unpaired) electrons. The lowest BCUT2D eigenvalue weighted by Crippen LogP contribution is -2.26. The molecule has 0 saturated heterocycles. The highest BCUT2D eigenvalue weighted by Crippen LogP contribution is 2.32. The van der Waals surface area contributed by atoms with E-state index in [9.17, 15) is 8.42 Å². The summed E-state index contributed by atoms with van der Waals surface area (Å²) in [5.74, 6) is 1.96. The molecular weight excluding hydrogens is 470 g/mol. The highest BCUT2D eigenvalue weighted by Gasteiger charge is 2.16. The maximum Gasteiger partial charge on any atom is 0.233 e. The largest absolute Gasteiger partial charge is 0.497 e. The second kappa shape index (κ2) is 10.5. The van der Waals surface area contributed by atoms with Crippen LogP contribution in [0.25, 0.3) is 23.1 Å². The van der Waals surface area contributed by atoms with Gasteiger partial charge in [-0.1, -0.05) is 29.8 Å². The van der Waals surface area contributed by atoms with Gasteiger partial charge in [0.1, 0.15) is 18.1 Å². The van der Waals surface area contributed by atoms with Crippen LogP contribution in [-0.4, -0.2) is 55.6 Å². The molecule has 0 fully saturated rings. The summed E-state index contributed by atoms with van der Waals surface area (Å²) in [6.45, 7) is 2.12. The van der Waals surface area contributed by atoms with Gasteiger partial charge < -0.3 is 14.2 Å². The van der Waals surface area contributed by atoms with E-state index in [1.807, 2.05) is 37.3 Å². The fourth-order valence-electron chi connectivity index (χ4n) is 3.23. The van der Waals surface area contributed by atoms with Gasteiger partial charge in [0.05, 0.1) is 19.8 Å². The standard InChI is InChI=1S/C24H25N5O5S/c1-17-4-6-18(7-5-17)12-15-35(30,31)25-13-14-34-23-11-10-22-26-27-24(29(22)28-23)20-9-8-19(32-2)16-21(20)33-3/h4-12,15-16,25H,13-14H2,1-3H3/b15-12+. The first kappa shape index (κ1) is 24.2. The van der Waals surface area contributed by atoms with Crippen LogP contribution in [0.4, 0.5) is 0 Å². The van der Waals surface area contributed by atoms with Crippen LogP contribution in [0.2, 0.25) is 0 Å². The van der Waals surface area contributed by atoms with Crippen LogP contribution in [0.3, 0.4) is 0 Å². The van der Waals surface area contributed by atoms with E-state index in [2.05, 4.69) is 20.0 Å². The molecule has 2 aromatic carbocycles. The molecule has 0 spiro atoms. The van der Waals surface area contributed by atoms with Crippen LogP contribution >= 0.6 is 0 Å². The number of fused-ring (bicyclic) bond motifs is 1. The minimum Gasteiger partial charge on any atom is -0.497 e. The molecule has 0 saturated carbocycles. The third kappa shape index (κ3) is 5.94. The number of nitrogens with zero attached hydrogens (tertiary/aromatic N) is 4. The number of aromatic nitrogens is 4. The second-order valence-electron chi connectivity index (χ2n) is 7.53. The zero-order valence-corrected chi connectivity index (χ0v) is 20.3. The van der Waals surface area contributed by atoms with E-state index in [0.717, 1.165) is 16.5 Å². The van der Waals surface area contributed by atoms with Gasteiger partial charge in [0.2, 0.25) is 15.9 Å². The van der Waals surface area contributed by atoms with Crippen LogP contribution in [0.15, 0.2) is 60.0 Å². The van der Waals surface area contributed by atoms with Gasteiger partial charge in [-0.05, 0) is 36.8 Å². The van der Waals surface area contributed by atoms with Crippen molar-refractivity contribution in [1.82, 2.24) is 24.5 Å². The first-order valence-electron chi connectivity index (χ1n) is 10.7. The highest BCUT2D eigenvalue weighted by atomic mass is 32.2. The summed E-state index contributed by atoms with van der Waals surface area (Å²) in [5, 5.41) is 13.9. The SMILES string of the molecule is COc1ccc(-c2nnc3ccc(OCCNS(=O)(=O)/C=C/c4ccc(C)cc4)nn23)c(OC)c1. The highest BCUT2D eigenvalue weighted by molar-refractivity contribution is 7.92. The molecule has 10 nitrogen and oxygen atoms in total. The maximum atomic E-state index is 12.2. The Labute approximate surface area is 203 Å². The van der Waals surface area contributed by atoms with Gasteiger partial charge in [-0.25, -0.2) is 13.1 Å². The van der Waals surface area contributed by atoms with E-state index in [4.69, 9.17) is 14.2 Å². The molecule has 4 aromatic rings. The van der Waals surface area contributed by atoms with Crippen molar-refractivity contribution in [2.75, 3.05) is 27.4 Å². The van der Waals surface area contributed by atoms with E-state index in [1.54, 1.807) is 44.6 Å². The molecule has 0 atom stereocenters.